The second-order valence-corrected chi connectivity index (χ2v) is 8.24. The van der Waals surface area contributed by atoms with E-state index in [1.807, 2.05) is 6.07 Å². The van der Waals surface area contributed by atoms with E-state index >= 15 is 0 Å². The van der Waals surface area contributed by atoms with E-state index in [-0.39, 0.29) is 0 Å². The first kappa shape index (κ1) is 20.8. The average Bonchev–Trinajstić information content (AvgIpc) is 2.82. The quantitative estimate of drug-likeness (QED) is 0.452. The first-order valence-electron chi connectivity index (χ1n) is 11.4. The minimum atomic E-state index is 0.585. The average molecular weight is 408 g/mol. The summed E-state index contributed by atoms with van der Waals surface area (Å²) in [5.41, 5.74) is 5.80. The van der Waals surface area contributed by atoms with Gasteiger partial charge in [-0.3, -0.25) is 0 Å². The molecule has 160 valence electrons. The van der Waals surface area contributed by atoms with Crippen molar-refractivity contribution < 1.29 is 4.74 Å². The number of fused-ring (bicyclic) bond motifs is 1. The first-order chi connectivity index (χ1) is 14.8. The Labute approximate surface area is 179 Å². The van der Waals surface area contributed by atoms with Crippen molar-refractivity contribution >= 4 is 17.1 Å². The molecule has 0 radical (unpaired) electrons. The van der Waals surface area contributed by atoms with Crippen molar-refractivity contribution in [1.29, 1.82) is 0 Å². The number of methoxy groups -OCH3 is 1. The fourth-order valence-corrected chi connectivity index (χ4v) is 4.48. The topological polar surface area (TPSA) is 62.1 Å². The number of azo groups is 1. The number of nitrogens with one attached hydrogen (secondary N) is 1. The van der Waals surface area contributed by atoms with Crippen molar-refractivity contribution in [3.63, 3.8) is 0 Å². The molecule has 0 spiro atoms. The predicted molar refractivity (Wildman–Crippen MR) is 121 cm³/mol. The molecule has 1 N–H and O–H groups in total. The number of nitrogens with zero attached hydrogens (tertiary/aromatic N) is 4. The van der Waals surface area contributed by atoms with Crippen molar-refractivity contribution in [3.05, 3.63) is 41.6 Å². The molecule has 2 heterocycles. The zero-order valence-corrected chi connectivity index (χ0v) is 18.1. The SMILES string of the molecule is COc1ccc(N=Nc2ccc(NCCCN3CCCCC3)c3c2CCCC3)cn1. The molecule has 0 unspecified atom stereocenters. The number of pyridine rings is 1. The van der Waals surface area contributed by atoms with Gasteiger partial charge in [-0.05, 0) is 93.9 Å². The number of piperidine rings is 1. The number of benzene rings is 1. The molecule has 30 heavy (non-hydrogen) atoms. The van der Waals surface area contributed by atoms with E-state index in [4.69, 9.17) is 4.74 Å². The van der Waals surface area contributed by atoms with Crippen LogP contribution in [0.2, 0.25) is 0 Å². The molecule has 0 atom stereocenters. The van der Waals surface area contributed by atoms with Crippen molar-refractivity contribution in [1.82, 2.24) is 9.88 Å². The third-order valence-corrected chi connectivity index (χ3v) is 6.13. The summed E-state index contributed by atoms with van der Waals surface area (Å²) >= 11 is 0. The number of likely N-dealkylation sites (tertiary alicyclic amines) is 1. The number of hydrogen-bond donors (Lipinski definition) is 1. The Bertz CT molecular complexity index is 843. The summed E-state index contributed by atoms with van der Waals surface area (Å²) in [4.78, 5) is 6.81. The van der Waals surface area contributed by atoms with Crippen LogP contribution in [-0.2, 0) is 12.8 Å². The molecule has 2 aliphatic rings. The van der Waals surface area contributed by atoms with Crippen LogP contribution in [0.25, 0.3) is 0 Å². The van der Waals surface area contributed by atoms with Crippen LogP contribution in [0.4, 0.5) is 17.1 Å². The third-order valence-electron chi connectivity index (χ3n) is 6.13. The molecule has 1 saturated heterocycles. The van der Waals surface area contributed by atoms with E-state index in [2.05, 4.69) is 37.6 Å². The molecule has 4 rings (SSSR count). The molecule has 6 nitrogen and oxygen atoms in total. The van der Waals surface area contributed by atoms with Gasteiger partial charge in [-0.2, -0.15) is 5.11 Å². The van der Waals surface area contributed by atoms with Crippen molar-refractivity contribution in [2.75, 3.05) is 38.6 Å². The van der Waals surface area contributed by atoms with Gasteiger partial charge in [-0.1, -0.05) is 6.42 Å². The molecule has 6 heteroatoms. The van der Waals surface area contributed by atoms with Gasteiger partial charge in [0.1, 0.15) is 5.69 Å². The Morgan fingerprint density at radius 1 is 0.967 bits per heavy atom. The molecule has 1 aromatic heterocycles. The summed E-state index contributed by atoms with van der Waals surface area (Å²) < 4.78 is 5.10. The monoisotopic (exact) mass is 407 g/mol. The lowest BCUT2D eigenvalue weighted by Gasteiger charge is -2.26. The van der Waals surface area contributed by atoms with E-state index in [0.717, 1.165) is 30.8 Å². The van der Waals surface area contributed by atoms with E-state index < -0.39 is 0 Å². The highest BCUT2D eigenvalue weighted by molar-refractivity contribution is 5.64. The summed E-state index contributed by atoms with van der Waals surface area (Å²) in [5.74, 6) is 0.585. The van der Waals surface area contributed by atoms with E-state index in [1.165, 1.54) is 75.0 Å². The second kappa shape index (κ2) is 10.5. The van der Waals surface area contributed by atoms with Crippen molar-refractivity contribution in [2.45, 2.75) is 51.4 Å². The fraction of sp³-hybridized carbons (Fsp3) is 0.542. The largest absolute Gasteiger partial charge is 0.481 e. The molecule has 1 aliphatic carbocycles. The van der Waals surface area contributed by atoms with Crippen LogP contribution in [0.1, 0.15) is 49.7 Å². The number of anilines is 1. The van der Waals surface area contributed by atoms with Gasteiger partial charge in [0.15, 0.2) is 0 Å². The minimum Gasteiger partial charge on any atom is -0.481 e. The van der Waals surface area contributed by atoms with Gasteiger partial charge in [0.25, 0.3) is 0 Å². The van der Waals surface area contributed by atoms with Crippen molar-refractivity contribution in [2.24, 2.45) is 10.2 Å². The maximum Gasteiger partial charge on any atom is 0.213 e. The number of ether oxygens (including phenoxy) is 1. The maximum atomic E-state index is 5.10. The molecule has 1 aromatic carbocycles. The van der Waals surface area contributed by atoms with Crippen LogP contribution in [0.15, 0.2) is 40.7 Å². The van der Waals surface area contributed by atoms with E-state index in [9.17, 15) is 0 Å². The Morgan fingerprint density at radius 2 is 1.80 bits per heavy atom. The van der Waals surface area contributed by atoms with Gasteiger partial charge in [0, 0.05) is 18.3 Å². The first-order valence-corrected chi connectivity index (χ1v) is 11.4. The molecule has 0 amide bonds. The van der Waals surface area contributed by atoms with E-state index in [1.54, 1.807) is 19.4 Å². The number of rotatable bonds is 8. The summed E-state index contributed by atoms with van der Waals surface area (Å²) in [5, 5.41) is 12.7. The molecular weight excluding hydrogens is 374 g/mol. The number of aromatic nitrogens is 1. The Morgan fingerprint density at radius 3 is 2.57 bits per heavy atom. The third kappa shape index (κ3) is 5.36. The molecule has 1 aliphatic heterocycles. The lowest BCUT2D eigenvalue weighted by Crippen LogP contribution is -2.31. The molecular formula is C24H33N5O. The summed E-state index contributed by atoms with van der Waals surface area (Å²) in [6.45, 7) is 4.79. The highest BCUT2D eigenvalue weighted by atomic mass is 16.5. The van der Waals surface area contributed by atoms with Gasteiger partial charge in [-0.25, -0.2) is 4.98 Å². The standard InChI is InChI=1S/C24H33N5O/c1-30-24-13-10-19(18-26-24)27-28-23-12-11-22(20-8-3-4-9-21(20)23)25-14-7-17-29-15-5-2-6-16-29/h10-13,18,25H,2-9,14-17H2,1H3. The summed E-state index contributed by atoms with van der Waals surface area (Å²) in [7, 11) is 1.61. The summed E-state index contributed by atoms with van der Waals surface area (Å²) in [6.07, 6.45) is 11.7. The van der Waals surface area contributed by atoms with Crippen LogP contribution in [-0.4, -0.2) is 43.2 Å². The lowest BCUT2D eigenvalue weighted by atomic mass is 9.89. The van der Waals surface area contributed by atoms with Crippen molar-refractivity contribution in [3.8, 4) is 5.88 Å². The van der Waals surface area contributed by atoms with Gasteiger partial charge >= 0.3 is 0 Å². The van der Waals surface area contributed by atoms with Gasteiger partial charge in [-0.15, -0.1) is 5.11 Å². The molecule has 2 aromatic rings. The van der Waals surface area contributed by atoms with Crippen LogP contribution in [0, 0.1) is 0 Å². The van der Waals surface area contributed by atoms with Crippen LogP contribution in [0.5, 0.6) is 5.88 Å². The zero-order valence-electron chi connectivity index (χ0n) is 18.1. The van der Waals surface area contributed by atoms with Gasteiger partial charge in [0.2, 0.25) is 5.88 Å². The Kier molecular flexibility index (Phi) is 7.29. The molecule has 0 saturated carbocycles. The highest BCUT2D eigenvalue weighted by Gasteiger charge is 2.17. The Balaban J connectivity index is 1.40. The predicted octanol–water partition coefficient (Wildman–Crippen LogP) is 5.67. The molecule has 0 bridgehead atoms. The smallest absolute Gasteiger partial charge is 0.213 e. The second-order valence-electron chi connectivity index (χ2n) is 8.24. The van der Waals surface area contributed by atoms with Crippen LogP contribution < -0.4 is 10.1 Å². The van der Waals surface area contributed by atoms with E-state index in [0.29, 0.717) is 5.88 Å². The van der Waals surface area contributed by atoms with Gasteiger partial charge in [0.05, 0.1) is 19.0 Å². The summed E-state index contributed by atoms with van der Waals surface area (Å²) in [6, 6.07) is 7.98. The zero-order chi connectivity index (χ0) is 20.6. The normalized spacial score (nSPS) is 17.1. The fourth-order valence-electron chi connectivity index (χ4n) is 4.48. The van der Waals surface area contributed by atoms with Gasteiger partial charge < -0.3 is 15.0 Å². The minimum absolute atomic E-state index is 0.585. The number of hydrogen-bond acceptors (Lipinski definition) is 6. The van der Waals surface area contributed by atoms with Crippen LogP contribution >= 0.6 is 0 Å². The Hall–Kier alpha value is -2.47. The highest BCUT2D eigenvalue weighted by Crippen LogP contribution is 2.35. The van der Waals surface area contributed by atoms with Crippen LogP contribution in [0.3, 0.4) is 0 Å². The molecule has 1 fully saturated rings. The maximum absolute atomic E-state index is 5.10. The lowest BCUT2D eigenvalue weighted by molar-refractivity contribution is 0.228.